The largest absolute Gasteiger partial charge is 0.497 e. The lowest BCUT2D eigenvalue weighted by molar-refractivity contribution is -0.143. The molecule has 0 spiro atoms. The molecular weight excluding hydrogens is 244 g/mol. The van der Waals surface area contributed by atoms with Gasteiger partial charge in [-0.15, -0.1) is 0 Å². The van der Waals surface area contributed by atoms with Crippen LogP contribution in [0.4, 0.5) is 5.69 Å². The predicted molar refractivity (Wildman–Crippen MR) is 70.2 cm³/mol. The number of anilines is 1. The van der Waals surface area contributed by atoms with Gasteiger partial charge < -0.3 is 14.7 Å². The Morgan fingerprint density at radius 1 is 1.58 bits per heavy atom. The van der Waals surface area contributed by atoms with Gasteiger partial charge in [-0.05, 0) is 12.1 Å². The summed E-state index contributed by atoms with van der Waals surface area (Å²) < 4.78 is 5.16. The first-order valence-corrected chi connectivity index (χ1v) is 6.12. The van der Waals surface area contributed by atoms with Crippen LogP contribution in [0.3, 0.4) is 0 Å². The molecule has 1 unspecified atom stereocenters. The van der Waals surface area contributed by atoms with Gasteiger partial charge in [-0.2, -0.15) is 5.26 Å². The number of carboxylic acid groups (broad SMARTS) is 1. The lowest BCUT2D eigenvalue weighted by atomic mass is 9.86. The molecule has 0 saturated carbocycles. The summed E-state index contributed by atoms with van der Waals surface area (Å²) in [6, 6.07) is 7.44. The minimum absolute atomic E-state index is 0.134. The summed E-state index contributed by atoms with van der Waals surface area (Å²) in [5.74, 6) is -0.290. The molecule has 1 aliphatic heterocycles. The number of hydrogen-bond donors (Lipinski definition) is 1. The van der Waals surface area contributed by atoms with Crippen molar-refractivity contribution in [3.8, 4) is 11.8 Å². The first-order chi connectivity index (χ1) is 9.06. The van der Waals surface area contributed by atoms with Crippen LogP contribution in [-0.4, -0.2) is 31.3 Å². The van der Waals surface area contributed by atoms with Crippen LogP contribution in [0.5, 0.6) is 5.75 Å². The summed E-state index contributed by atoms with van der Waals surface area (Å²) in [6.45, 7) is 3.05. The fourth-order valence-corrected chi connectivity index (χ4v) is 2.22. The highest BCUT2D eigenvalue weighted by Crippen LogP contribution is 2.33. The Bertz CT molecular complexity index is 530. The summed E-state index contributed by atoms with van der Waals surface area (Å²) >= 11 is 0. The van der Waals surface area contributed by atoms with E-state index in [-0.39, 0.29) is 11.8 Å². The maximum absolute atomic E-state index is 10.9. The number of nitriles is 1. The third-order valence-corrected chi connectivity index (χ3v) is 3.67. The smallest absolute Gasteiger partial charge is 0.306 e. The van der Waals surface area contributed by atoms with E-state index >= 15 is 0 Å². The number of nitrogens with zero attached hydrogens (tertiary/aromatic N) is 2. The average molecular weight is 260 g/mol. The van der Waals surface area contributed by atoms with E-state index < -0.39 is 5.97 Å². The highest BCUT2D eigenvalue weighted by Gasteiger charge is 2.35. The van der Waals surface area contributed by atoms with E-state index in [9.17, 15) is 4.79 Å². The van der Waals surface area contributed by atoms with Crippen LogP contribution in [0, 0.1) is 23.2 Å². The highest BCUT2D eigenvalue weighted by molar-refractivity contribution is 5.71. The van der Waals surface area contributed by atoms with E-state index in [0.29, 0.717) is 24.4 Å². The predicted octanol–water partition coefficient (Wildman–Crippen LogP) is 1.72. The van der Waals surface area contributed by atoms with Gasteiger partial charge in [-0.3, -0.25) is 4.79 Å². The van der Waals surface area contributed by atoms with Gasteiger partial charge >= 0.3 is 5.97 Å². The molecule has 5 heteroatoms. The molecule has 0 aromatic heterocycles. The van der Waals surface area contributed by atoms with Crippen LogP contribution in [0.25, 0.3) is 0 Å². The second-order valence-electron chi connectivity index (χ2n) is 4.79. The molecule has 1 atom stereocenters. The molecule has 5 nitrogen and oxygen atoms in total. The Morgan fingerprint density at radius 3 is 2.79 bits per heavy atom. The molecule has 19 heavy (non-hydrogen) atoms. The molecule has 1 aliphatic rings. The molecule has 1 aromatic rings. The maximum atomic E-state index is 10.9. The number of aliphatic carboxylic acids is 1. The Labute approximate surface area is 112 Å². The lowest BCUT2D eigenvalue weighted by Crippen LogP contribution is -2.51. The fourth-order valence-electron chi connectivity index (χ4n) is 2.22. The zero-order valence-corrected chi connectivity index (χ0v) is 11.0. The van der Waals surface area contributed by atoms with Crippen LogP contribution in [0.2, 0.25) is 0 Å². The van der Waals surface area contributed by atoms with Gasteiger partial charge in [0.2, 0.25) is 0 Å². The third-order valence-electron chi connectivity index (χ3n) is 3.67. The van der Waals surface area contributed by atoms with Gasteiger partial charge in [0, 0.05) is 25.1 Å². The van der Waals surface area contributed by atoms with Crippen LogP contribution < -0.4 is 9.64 Å². The minimum Gasteiger partial charge on any atom is -0.497 e. The second-order valence-corrected chi connectivity index (χ2v) is 4.79. The van der Waals surface area contributed by atoms with Crippen molar-refractivity contribution in [1.82, 2.24) is 0 Å². The van der Waals surface area contributed by atoms with Crippen molar-refractivity contribution in [2.24, 2.45) is 11.8 Å². The summed E-state index contributed by atoms with van der Waals surface area (Å²) in [5.41, 5.74) is 1.40. The number of carboxylic acids is 1. The van der Waals surface area contributed by atoms with Crippen LogP contribution >= 0.6 is 0 Å². The Hall–Kier alpha value is -2.22. The molecule has 0 amide bonds. The molecular formula is C14H16N2O3. The normalized spacial score (nSPS) is 16.4. The third kappa shape index (κ3) is 2.48. The number of benzene rings is 1. The van der Waals surface area contributed by atoms with Gasteiger partial charge in [0.25, 0.3) is 0 Å². The van der Waals surface area contributed by atoms with E-state index in [0.717, 1.165) is 5.69 Å². The maximum Gasteiger partial charge on any atom is 0.306 e. The SMILES string of the molecule is COc1ccc(C#N)c(N2CC(C(C)C(=O)O)C2)c1. The number of carbonyl (C=O) groups is 1. The van der Waals surface area contributed by atoms with Crippen molar-refractivity contribution in [3.05, 3.63) is 23.8 Å². The van der Waals surface area contributed by atoms with E-state index in [1.54, 1.807) is 26.2 Å². The zero-order chi connectivity index (χ0) is 14.0. The summed E-state index contributed by atoms with van der Waals surface area (Å²) in [7, 11) is 1.58. The number of methoxy groups -OCH3 is 1. The Morgan fingerprint density at radius 2 is 2.26 bits per heavy atom. The van der Waals surface area contributed by atoms with Gasteiger partial charge in [-0.25, -0.2) is 0 Å². The fraction of sp³-hybridized carbons (Fsp3) is 0.429. The van der Waals surface area contributed by atoms with Crippen LogP contribution in [0.1, 0.15) is 12.5 Å². The number of ether oxygens (including phenoxy) is 1. The molecule has 0 aliphatic carbocycles. The molecule has 1 aromatic carbocycles. The van der Waals surface area contributed by atoms with Crippen molar-refractivity contribution in [2.75, 3.05) is 25.1 Å². The topological polar surface area (TPSA) is 73.6 Å². The van der Waals surface area contributed by atoms with Gasteiger partial charge in [0.05, 0.1) is 24.3 Å². The van der Waals surface area contributed by atoms with Crippen molar-refractivity contribution in [3.63, 3.8) is 0 Å². The Balaban J connectivity index is 2.13. The first-order valence-electron chi connectivity index (χ1n) is 6.12. The van der Waals surface area contributed by atoms with Crippen LogP contribution in [-0.2, 0) is 4.79 Å². The molecule has 1 heterocycles. The number of rotatable bonds is 4. The lowest BCUT2D eigenvalue weighted by Gasteiger charge is -2.43. The van der Waals surface area contributed by atoms with E-state index in [1.165, 1.54) is 0 Å². The molecule has 0 bridgehead atoms. The van der Waals surface area contributed by atoms with Crippen molar-refractivity contribution in [1.29, 1.82) is 5.26 Å². The molecule has 0 radical (unpaired) electrons. The first kappa shape index (κ1) is 13.2. The monoisotopic (exact) mass is 260 g/mol. The van der Waals surface area contributed by atoms with E-state index in [1.807, 2.05) is 11.0 Å². The van der Waals surface area contributed by atoms with E-state index in [4.69, 9.17) is 15.1 Å². The number of hydrogen-bond acceptors (Lipinski definition) is 4. The average Bonchev–Trinajstić information content (AvgIpc) is 2.36. The second kappa shape index (κ2) is 5.19. The van der Waals surface area contributed by atoms with Crippen molar-refractivity contribution >= 4 is 11.7 Å². The zero-order valence-electron chi connectivity index (χ0n) is 11.0. The van der Waals surface area contributed by atoms with Crippen molar-refractivity contribution in [2.45, 2.75) is 6.92 Å². The molecule has 100 valence electrons. The highest BCUT2D eigenvalue weighted by atomic mass is 16.5. The summed E-state index contributed by atoms with van der Waals surface area (Å²) in [6.07, 6.45) is 0. The molecule has 1 fully saturated rings. The molecule has 1 N–H and O–H groups in total. The van der Waals surface area contributed by atoms with Crippen LogP contribution in [0.15, 0.2) is 18.2 Å². The Kier molecular flexibility index (Phi) is 3.61. The van der Waals surface area contributed by atoms with Gasteiger partial charge in [-0.1, -0.05) is 6.92 Å². The molecule has 2 rings (SSSR count). The standard InChI is InChI=1S/C14H16N2O3/c1-9(14(17)18)11-7-16(8-11)13-5-12(19-2)4-3-10(13)6-15/h3-5,9,11H,7-8H2,1-2H3,(H,17,18). The summed E-state index contributed by atoms with van der Waals surface area (Å²) in [4.78, 5) is 12.9. The quantitative estimate of drug-likeness (QED) is 0.892. The van der Waals surface area contributed by atoms with E-state index in [2.05, 4.69) is 6.07 Å². The van der Waals surface area contributed by atoms with Crippen molar-refractivity contribution < 1.29 is 14.6 Å². The van der Waals surface area contributed by atoms with Gasteiger partial charge in [0.1, 0.15) is 11.8 Å². The van der Waals surface area contributed by atoms with Gasteiger partial charge in [0.15, 0.2) is 0 Å². The minimum atomic E-state index is -0.768. The molecule has 1 saturated heterocycles. The summed E-state index contributed by atoms with van der Waals surface area (Å²) in [5, 5.41) is 18.1.